The molecule has 0 saturated carbocycles. The molecular weight excluding hydrogens is 244 g/mol. The van der Waals surface area contributed by atoms with Crippen molar-refractivity contribution >= 4 is 11.6 Å². The fourth-order valence-corrected chi connectivity index (χ4v) is 3.33. The number of allylic oxidation sites excluding steroid dienone is 1. The summed E-state index contributed by atoms with van der Waals surface area (Å²) in [6.07, 6.45) is 1.75. The van der Waals surface area contributed by atoms with Crippen LogP contribution < -0.4 is 0 Å². The Kier molecular flexibility index (Phi) is 2.39. The molecule has 3 rings (SSSR count). The fourth-order valence-electron chi connectivity index (χ4n) is 3.33. The van der Waals surface area contributed by atoms with Crippen LogP contribution in [0.4, 0.5) is 0 Å². The topological polar surface area (TPSA) is 67.5 Å². The van der Waals surface area contributed by atoms with E-state index in [1.807, 2.05) is 6.92 Å². The summed E-state index contributed by atoms with van der Waals surface area (Å²) in [6, 6.07) is 0. The summed E-state index contributed by atoms with van der Waals surface area (Å²) in [5.41, 5.74) is 1.25. The number of hydrogen-bond donors (Lipinski definition) is 1. The number of carbonyl (C=O) groups excluding carboxylic acids is 2. The Bertz CT molecular complexity index is 635. The van der Waals surface area contributed by atoms with Crippen molar-refractivity contribution < 1.29 is 19.1 Å². The van der Waals surface area contributed by atoms with E-state index in [0.717, 1.165) is 5.57 Å². The van der Waals surface area contributed by atoms with Crippen LogP contribution in [0.15, 0.2) is 21.8 Å². The molecule has 1 N–H and O–H groups in total. The van der Waals surface area contributed by atoms with Gasteiger partial charge in [-0.1, -0.05) is 5.57 Å². The molecular formula is C15H16O4. The summed E-state index contributed by atoms with van der Waals surface area (Å²) in [7, 11) is 0. The van der Waals surface area contributed by atoms with Crippen LogP contribution in [0.1, 0.15) is 53.2 Å². The highest BCUT2D eigenvalue weighted by Gasteiger charge is 2.55. The monoisotopic (exact) mass is 260 g/mol. The molecule has 2 unspecified atom stereocenters. The van der Waals surface area contributed by atoms with E-state index < -0.39 is 11.5 Å². The highest BCUT2D eigenvalue weighted by molar-refractivity contribution is 6.25. The minimum atomic E-state index is -1.16. The molecule has 1 aromatic heterocycles. The second-order valence-electron chi connectivity index (χ2n) is 5.69. The maximum absolute atomic E-state index is 12.7. The number of hydrogen-bond acceptors (Lipinski definition) is 4. The van der Waals surface area contributed by atoms with Crippen molar-refractivity contribution in [3.8, 4) is 0 Å². The summed E-state index contributed by atoms with van der Waals surface area (Å²) >= 11 is 0. The minimum Gasteiger partial charge on any atom is -0.460 e. The van der Waals surface area contributed by atoms with Crippen LogP contribution in [-0.4, -0.2) is 22.8 Å². The van der Waals surface area contributed by atoms with Crippen molar-refractivity contribution in [2.24, 2.45) is 5.41 Å². The van der Waals surface area contributed by atoms with Gasteiger partial charge in [-0.3, -0.25) is 9.59 Å². The van der Waals surface area contributed by atoms with Crippen molar-refractivity contribution in [3.63, 3.8) is 0 Å². The molecule has 0 aliphatic heterocycles. The van der Waals surface area contributed by atoms with Crippen molar-refractivity contribution in [1.29, 1.82) is 0 Å². The Labute approximate surface area is 111 Å². The van der Waals surface area contributed by atoms with E-state index in [4.69, 9.17) is 4.42 Å². The average molecular weight is 260 g/mol. The molecule has 0 amide bonds. The number of aliphatic hydroxyl groups excluding tert-OH is 1. The first-order valence-electron chi connectivity index (χ1n) is 6.45. The number of aliphatic hydroxyl groups is 1. The normalized spacial score (nSPS) is 30.4. The molecule has 100 valence electrons. The van der Waals surface area contributed by atoms with Crippen LogP contribution in [0.3, 0.4) is 0 Å². The van der Waals surface area contributed by atoms with Crippen LogP contribution in [0.5, 0.6) is 0 Å². The third-order valence-electron chi connectivity index (χ3n) is 4.51. The fraction of sp³-hybridized carbons (Fsp3) is 0.467. The molecule has 0 fully saturated rings. The van der Waals surface area contributed by atoms with Gasteiger partial charge in [0.1, 0.15) is 0 Å². The third-order valence-corrected chi connectivity index (χ3v) is 4.51. The lowest BCUT2D eigenvalue weighted by molar-refractivity contribution is 0.0318. The van der Waals surface area contributed by atoms with Gasteiger partial charge in [-0.05, 0) is 39.2 Å². The van der Waals surface area contributed by atoms with E-state index in [9.17, 15) is 14.7 Å². The summed E-state index contributed by atoms with van der Waals surface area (Å²) < 4.78 is 5.26. The van der Waals surface area contributed by atoms with Gasteiger partial charge in [0.25, 0.3) is 0 Å². The molecule has 2 atom stereocenters. The summed E-state index contributed by atoms with van der Waals surface area (Å²) in [5, 5.41) is 10.3. The molecule has 19 heavy (non-hydrogen) atoms. The van der Waals surface area contributed by atoms with E-state index >= 15 is 0 Å². The lowest BCUT2D eigenvalue weighted by Crippen LogP contribution is -2.49. The number of aryl methyl sites for hydroxylation is 1. The molecule has 0 bridgehead atoms. The Balaban J connectivity index is 2.36. The van der Waals surface area contributed by atoms with E-state index in [2.05, 4.69) is 0 Å². The van der Waals surface area contributed by atoms with Crippen LogP contribution >= 0.6 is 0 Å². The molecule has 1 aromatic rings. The van der Waals surface area contributed by atoms with Gasteiger partial charge in [0.2, 0.25) is 5.78 Å². The molecule has 1 heterocycles. The number of carbonyl (C=O) groups is 2. The number of Topliss-reactive ketones (excluding diaryl/α,β-unsaturated/α-hetero) is 2. The molecule has 0 spiro atoms. The standard InChI is InChI=1S/C15H16O4/c1-7-4-5-9(16)15(3)11(7)12(17)10-8(2)6-19-13(10)14(15)18/h6,9,16H,4-5H2,1-3H3. The predicted molar refractivity (Wildman–Crippen MR) is 68.2 cm³/mol. The lowest BCUT2D eigenvalue weighted by atomic mass is 9.61. The average Bonchev–Trinajstić information content (AvgIpc) is 2.74. The molecule has 0 radical (unpaired) electrons. The first-order chi connectivity index (χ1) is 8.89. The molecule has 0 saturated heterocycles. The highest BCUT2D eigenvalue weighted by atomic mass is 16.3. The third kappa shape index (κ3) is 1.32. The highest BCUT2D eigenvalue weighted by Crippen LogP contribution is 2.48. The Morgan fingerprint density at radius 2 is 2.05 bits per heavy atom. The van der Waals surface area contributed by atoms with E-state index in [1.54, 1.807) is 13.8 Å². The van der Waals surface area contributed by atoms with Gasteiger partial charge < -0.3 is 9.52 Å². The maximum Gasteiger partial charge on any atom is 0.211 e. The molecule has 4 nitrogen and oxygen atoms in total. The van der Waals surface area contributed by atoms with Crippen molar-refractivity contribution in [2.45, 2.75) is 39.7 Å². The van der Waals surface area contributed by atoms with Gasteiger partial charge in [-0.25, -0.2) is 0 Å². The second kappa shape index (κ2) is 3.67. The quantitative estimate of drug-likeness (QED) is 0.778. The maximum atomic E-state index is 12.7. The number of furan rings is 1. The van der Waals surface area contributed by atoms with Crippen molar-refractivity contribution in [1.82, 2.24) is 0 Å². The van der Waals surface area contributed by atoms with Crippen LogP contribution in [0, 0.1) is 12.3 Å². The second-order valence-corrected chi connectivity index (χ2v) is 5.69. The first-order valence-corrected chi connectivity index (χ1v) is 6.45. The van der Waals surface area contributed by atoms with E-state index in [1.165, 1.54) is 6.26 Å². The Hall–Kier alpha value is -1.68. The predicted octanol–water partition coefficient (Wildman–Crippen LogP) is 2.44. The Morgan fingerprint density at radius 3 is 2.74 bits per heavy atom. The molecule has 4 heteroatoms. The lowest BCUT2D eigenvalue weighted by Gasteiger charge is -2.41. The molecule has 2 aliphatic carbocycles. The van der Waals surface area contributed by atoms with E-state index in [-0.39, 0.29) is 17.3 Å². The summed E-state index contributed by atoms with van der Waals surface area (Å²) in [5.74, 6) is -0.348. The Morgan fingerprint density at radius 1 is 1.37 bits per heavy atom. The van der Waals surface area contributed by atoms with Gasteiger partial charge in [0, 0.05) is 5.57 Å². The zero-order valence-electron chi connectivity index (χ0n) is 11.2. The van der Waals surface area contributed by atoms with Crippen LogP contribution in [0.2, 0.25) is 0 Å². The zero-order valence-corrected chi connectivity index (χ0v) is 11.2. The zero-order chi connectivity index (χ0) is 13.9. The van der Waals surface area contributed by atoms with Crippen LogP contribution in [0.25, 0.3) is 0 Å². The van der Waals surface area contributed by atoms with Gasteiger partial charge in [-0.15, -0.1) is 0 Å². The minimum absolute atomic E-state index is 0.0995. The SMILES string of the molecule is CC1=C2C(=O)c3c(C)coc3C(=O)C2(C)C(O)CC1. The van der Waals surface area contributed by atoms with Gasteiger partial charge in [0.15, 0.2) is 11.5 Å². The van der Waals surface area contributed by atoms with Crippen molar-refractivity contribution in [3.05, 3.63) is 34.3 Å². The number of rotatable bonds is 0. The largest absolute Gasteiger partial charge is 0.460 e. The van der Waals surface area contributed by atoms with E-state index in [0.29, 0.717) is 29.5 Å². The molecule has 2 aliphatic rings. The number of ketones is 2. The smallest absolute Gasteiger partial charge is 0.211 e. The first kappa shape index (κ1) is 12.4. The summed E-state index contributed by atoms with van der Waals surface area (Å²) in [4.78, 5) is 25.3. The van der Waals surface area contributed by atoms with Crippen molar-refractivity contribution in [2.75, 3.05) is 0 Å². The number of fused-ring (bicyclic) bond motifs is 2. The van der Waals surface area contributed by atoms with Gasteiger partial charge >= 0.3 is 0 Å². The molecule has 0 aromatic carbocycles. The van der Waals surface area contributed by atoms with Gasteiger partial charge in [0.05, 0.1) is 23.3 Å². The summed E-state index contributed by atoms with van der Waals surface area (Å²) in [6.45, 7) is 5.27. The van der Waals surface area contributed by atoms with Gasteiger partial charge in [-0.2, -0.15) is 0 Å². The van der Waals surface area contributed by atoms with Crippen LogP contribution in [-0.2, 0) is 0 Å².